The molecule has 4 nitrogen and oxygen atoms in total. The predicted octanol–water partition coefficient (Wildman–Crippen LogP) is 4.32. The van der Waals surface area contributed by atoms with Crippen LogP contribution in [0, 0.1) is 13.8 Å². The average molecular weight is 332 g/mol. The Morgan fingerprint density at radius 2 is 2.05 bits per heavy atom. The third-order valence-corrected chi connectivity index (χ3v) is 4.53. The molecule has 0 unspecified atom stereocenters. The van der Waals surface area contributed by atoms with E-state index in [1.165, 1.54) is 11.3 Å². The normalized spacial score (nSPS) is 10.7. The summed E-state index contributed by atoms with van der Waals surface area (Å²) in [6, 6.07) is 11.4. The number of carbonyl (C=O) groups excluding carboxylic acids is 1. The van der Waals surface area contributed by atoms with Crippen molar-refractivity contribution in [2.24, 2.45) is 0 Å². The van der Waals surface area contributed by atoms with Gasteiger partial charge in [0.25, 0.3) is 5.91 Å². The molecule has 0 radical (unpaired) electrons. The van der Waals surface area contributed by atoms with Crippen LogP contribution in [0.2, 0.25) is 5.02 Å². The van der Waals surface area contributed by atoms with Gasteiger partial charge in [-0.25, -0.2) is 4.98 Å². The van der Waals surface area contributed by atoms with Crippen LogP contribution >= 0.6 is 22.9 Å². The smallest absolute Gasteiger partial charge is 0.269 e. The van der Waals surface area contributed by atoms with E-state index in [4.69, 9.17) is 11.6 Å². The zero-order valence-corrected chi connectivity index (χ0v) is 13.7. The zero-order valence-electron chi connectivity index (χ0n) is 12.1. The summed E-state index contributed by atoms with van der Waals surface area (Å²) in [5, 5.41) is 1.20. The number of nitrogens with one attached hydrogen (secondary N) is 2. The van der Waals surface area contributed by atoms with Crippen molar-refractivity contribution in [3.8, 4) is 0 Å². The van der Waals surface area contributed by atoms with Gasteiger partial charge in [-0.15, -0.1) is 0 Å². The third-order valence-electron chi connectivity index (χ3n) is 3.29. The lowest BCUT2D eigenvalue weighted by atomic mass is 10.1. The molecule has 6 heteroatoms. The van der Waals surface area contributed by atoms with Gasteiger partial charge in [0.15, 0.2) is 0 Å². The Morgan fingerprint density at radius 3 is 2.82 bits per heavy atom. The molecule has 22 heavy (non-hydrogen) atoms. The number of nitrogens with zero attached hydrogens (tertiary/aromatic N) is 1. The highest BCUT2D eigenvalue weighted by Crippen LogP contribution is 2.30. The first-order valence-electron chi connectivity index (χ1n) is 6.73. The van der Waals surface area contributed by atoms with Crippen LogP contribution in [0.3, 0.4) is 0 Å². The highest BCUT2D eigenvalue weighted by atomic mass is 35.5. The maximum Gasteiger partial charge on any atom is 0.269 e. The van der Waals surface area contributed by atoms with Crippen molar-refractivity contribution in [3.63, 3.8) is 0 Å². The number of benzene rings is 2. The first-order valence-corrected chi connectivity index (χ1v) is 7.93. The van der Waals surface area contributed by atoms with Crippen LogP contribution in [0.15, 0.2) is 36.4 Å². The van der Waals surface area contributed by atoms with E-state index < -0.39 is 0 Å². The van der Waals surface area contributed by atoms with Gasteiger partial charge in [0.1, 0.15) is 5.52 Å². The maximum atomic E-state index is 12.3. The molecule has 1 amide bonds. The number of anilines is 1. The Hall–Kier alpha value is -2.11. The quantitative estimate of drug-likeness (QED) is 0.703. The molecule has 1 aromatic heterocycles. The largest absolute Gasteiger partial charge is 0.273 e. The molecule has 0 saturated carbocycles. The van der Waals surface area contributed by atoms with Crippen molar-refractivity contribution < 1.29 is 4.79 Å². The van der Waals surface area contributed by atoms with Gasteiger partial charge in [-0.3, -0.25) is 15.6 Å². The number of amides is 1. The lowest BCUT2D eigenvalue weighted by Gasteiger charge is -2.08. The van der Waals surface area contributed by atoms with Crippen molar-refractivity contribution >= 4 is 44.2 Å². The van der Waals surface area contributed by atoms with E-state index in [0.29, 0.717) is 15.7 Å². The average Bonchev–Trinajstić information content (AvgIpc) is 2.92. The molecule has 0 aliphatic rings. The monoisotopic (exact) mass is 331 g/mol. The molecule has 2 N–H and O–H groups in total. The molecular formula is C16H14ClN3OS. The van der Waals surface area contributed by atoms with Crippen LogP contribution in [-0.2, 0) is 0 Å². The van der Waals surface area contributed by atoms with Crippen LogP contribution in [-0.4, -0.2) is 10.9 Å². The number of fused-ring (bicyclic) bond motifs is 1. The van der Waals surface area contributed by atoms with E-state index in [0.717, 1.165) is 21.3 Å². The van der Waals surface area contributed by atoms with Gasteiger partial charge in [-0.2, -0.15) is 0 Å². The molecule has 0 bridgehead atoms. The third kappa shape index (κ3) is 2.91. The lowest BCUT2D eigenvalue weighted by Crippen LogP contribution is -2.29. The number of para-hydroxylation sites is 1. The van der Waals surface area contributed by atoms with Gasteiger partial charge in [-0.05, 0) is 37.6 Å². The number of hydrogen-bond acceptors (Lipinski definition) is 4. The molecule has 3 aromatic rings. The van der Waals surface area contributed by atoms with E-state index in [9.17, 15) is 4.79 Å². The number of hydrazine groups is 1. The van der Waals surface area contributed by atoms with Crippen molar-refractivity contribution in [3.05, 3.63) is 58.1 Å². The molecule has 112 valence electrons. The number of aromatic nitrogens is 1. The topological polar surface area (TPSA) is 54.0 Å². The zero-order chi connectivity index (χ0) is 15.7. The molecule has 2 aromatic carbocycles. The second-order valence-electron chi connectivity index (χ2n) is 5.00. The molecular weight excluding hydrogens is 318 g/mol. The predicted molar refractivity (Wildman–Crippen MR) is 91.6 cm³/mol. The fourth-order valence-corrected chi connectivity index (χ4v) is 3.25. The highest BCUT2D eigenvalue weighted by Gasteiger charge is 2.11. The van der Waals surface area contributed by atoms with Crippen LogP contribution in [0.1, 0.15) is 21.5 Å². The molecule has 0 spiro atoms. The maximum absolute atomic E-state index is 12.3. The summed E-state index contributed by atoms with van der Waals surface area (Å²) in [6.45, 7) is 3.87. The Labute approximate surface area is 137 Å². The Balaban J connectivity index is 1.77. The minimum absolute atomic E-state index is 0.188. The van der Waals surface area contributed by atoms with Crippen molar-refractivity contribution in [2.45, 2.75) is 13.8 Å². The summed E-state index contributed by atoms with van der Waals surface area (Å²) in [6.07, 6.45) is 0. The minimum Gasteiger partial charge on any atom is -0.273 e. The summed E-state index contributed by atoms with van der Waals surface area (Å²) in [5.41, 5.74) is 8.89. The standard InChI is InChI=1S/C16H14ClN3OS/c1-9-6-7-10(2)11(8-9)15(21)19-20-16-18-14-12(17)4-3-5-13(14)22-16/h3-8H,1-2H3,(H,18,20)(H,19,21). The number of hydrogen-bond donors (Lipinski definition) is 2. The second kappa shape index (κ2) is 5.94. The van der Waals surface area contributed by atoms with Gasteiger partial charge in [0.05, 0.1) is 9.72 Å². The number of halogens is 1. The van der Waals surface area contributed by atoms with Crippen LogP contribution in [0.5, 0.6) is 0 Å². The molecule has 0 aliphatic carbocycles. The number of rotatable bonds is 3. The Bertz CT molecular complexity index is 860. The highest BCUT2D eigenvalue weighted by molar-refractivity contribution is 7.22. The number of thiazole rings is 1. The van der Waals surface area contributed by atoms with E-state index in [1.807, 2.05) is 44.2 Å². The van der Waals surface area contributed by atoms with Crippen molar-refractivity contribution in [1.82, 2.24) is 10.4 Å². The fourth-order valence-electron chi connectivity index (χ4n) is 2.13. The molecule has 0 saturated heterocycles. The van der Waals surface area contributed by atoms with Gasteiger partial charge in [0, 0.05) is 5.56 Å². The lowest BCUT2D eigenvalue weighted by molar-refractivity contribution is 0.0962. The van der Waals surface area contributed by atoms with Gasteiger partial charge < -0.3 is 0 Å². The van der Waals surface area contributed by atoms with Gasteiger partial charge >= 0.3 is 0 Å². The summed E-state index contributed by atoms with van der Waals surface area (Å²) in [7, 11) is 0. The first-order chi connectivity index (χ1) is 10.5. The number of aryl methyl sites for hydroxylation is 2. The SMILES string of the molecule is Cc1ccc(C)c(C(=O)NNc2nc3c(Cl)cccc3s2)c1. The van der Waals surface area contributed by atoms with Gasteiger partial charge in [0.2, 0.25) is 5.13 Å². The molecule has 0 aliphatic heterocycles. The van der Waals surface area contributed by atoms with E-state index in [-0.39, 0.29) is 5.91 Å². The minimum atomic E-state index is -0.188. The molecule has 0 atom stereocenters. The summed E-state index contributed by atoms with van der Waals surface area (Å²) >= 11 is 7.53. The summed E-state index contributed by atoms with van der Waals surface area (Å²) < 4.78 is 0.969. The van der Waals surface area contributed by atoms with E-state index >= 15 is 0 Å². The summed E-state index contributed by atoms with van der Waals surface area (Å²) in [4.78, 5) is 16.6. The van der Waals surface area contributed by atoms with E-state index in [1.54, 1.807) is 6.07 Å². The van der Waals surface area contributed by atoms with E-state index in [2.05, 4.69) is 15.8 Å². The second-order valence-corrected chi connectivity index (χ2v) is 6.44. The molecule has 0 fully saturated rings. The first kappa shape index (κ1) is 14.8. The Morgan fingerprint density at radius 1 is 1.23 bits per heavy atom. The summed E-state index contributed by atoms with van der Waals surface area (Å²) in [5.74, 6) is -0.188. The fraction of sp³-hybridized carbons (Fsp3) is 0.125. The Kier molecular flexibility index (Phi) is 4.00. The molecule has 1 heterocycles. The van der Waals surface area contributed by atoms with Crippen molar-refractivity contribution in [2.75, 3.05) is 5.43 Å². The van der Waals surface area contributed by atoms with Crippen LogP contribution in [0.25, 0.3) is 10.2 Å². The molecule has 3 rings (SSSR count). The van der Waals surface area contributed by atoms with Crippen molar-refractivity contribution in [1.29, 1.82) is 0 Å². The van der Waals surface area contributed by atoms with Crippen LogP contribution in [0.4, 0.5) is 5.13 Å². The number of carbonyl (C=O) groups is 1. The van der Waals surface area contributed by atoms with Gasteiger partial charge in [-0.1, -0.05) is 46.7 Å². The van der Waals surface area contributed by atoms with Crippen LogP contribution < -0.4 is 10.9 Å².